The predicted octanol–water partition coefficient (Wildman–Crippen LogP) is 1.96. The van der Waals surface area contributed by atoms with E-state index >= 15 is 0 Å². The lowest BCUT2D eigenvalue weighted by atomic mass is 10.1. The molecule has 0 aliphatic carbocycles. The Balaban J connectivity index is 3.35. The molecule has 0 amide bonds. The number of benzene rings is 1. The van der Waals surface area contributed by atoms with Gasteiger partial charge in [-0.05, 0) is 12.1 Å². The molecule has 0 aliphatic heterocycles. The Bertz CT molecular complexity index is 361. The van der Waals surface area contributed by atoms with Gasteiger partial charge in [-0.2, -0.15) is 0 Å². The highest BCUT2D eigenvalue weighted by atomic mass is 28.3. The van der Waals surface area contributed by atoms with E-state index < -0.39 is 8.80 Å². The maximum Gasteiger partial charge on any atom is 0.149 e. The van der Waals surface area contributed by atoms with Gasteiger partial charge in [-0.15, -0.1) is 13.2 Å². The van der Waals surface area contributed by atoms with Crippen molar-refractivity contribution in [2.75, 3.05) is 0 Å². The molecule has 0 spiro atoms. The van der Waals surface area contributed by atoms with Gasteiger partial charge in [-0.3, -0.25) is 4.79 Å². The molecule has 1 radical (unpaired) electrons. The first kappa shape index (κ1) is 10.7. The summed E-state index contributed by atoms with van der Waals surface area (Å²) in [7, 11) is -0.976. The molecule has 0 atom stereocenters. The normalized spacial score (nSPS) is 9.86. The summed E-state index contributed by atoms with van der Waals surface area (Å²) in [6.45, 7) is 9.58. The van der Waals surface area contributed by atoms with Crippen molar-refractivity contribution >= 4 is 20.3 Å². The topological polar surface area (TPSA) is 17.1 Å². The summed E-state index contributed by atoms with van der Waals surface area (Å²) < 4.78 is 0. The zero-order chi connectivity index (χ0) is 10.6. The number of aldehydes is 1. The molecular formula is C12H13OSi. The lowest BCUT2D eigenvalue weighted by Crippen LogP contribution is -2.31. The summed E-state index contributed by atoms with van der Waals surface area (Å²) in [5.74, 6) is 0. The number of carbonyl (C=O) groups is 1. The third kappa shape index (κ3) is 1.91. The smallest absolute Gasteiger partial charge is 0.149 e. The molecule has 1 nitrogen and oxygen atoms in total. The minimum Gasteiger partial charge on any atom is -0.298 e. The highest BCUT2D eigenvalue weighted by Crippen LogP contribution is 2.02. The predicted molar refractivity (Wildman–Crippen MR) is 62.3 cm³/mol. The maximum atomic E-state index is 10.9. The molecule has 1 aromatic carbocycles. The van der Waals surface area contributed by atoms with Crippen LogP contribution in [0.5, 0.6) is 0 Å². The first-order valence-electron chi connectivity index (χ1n) is 4.41. The summed E-state index contributed by atoms with van der Waals surface area (Å²) in [5.41, 5.74) is 5.70. The zero-order valence-corrected chi connectivity index (χ0v) is 9.29. The van der Waals surface area contributed by atoms with Gasteiger partial charge in [-0.25, -0.2) is 0 Å². The Kier molecular flexibility index (Phi) is 3.60. The summed E-state index contributed by atoms with van der Waals surface area (Å²) in [6.07, 6.45) is 0.903. The van der Waals surface area contributed by atoms with Crippen LogP contribution in [0.15, 0.2) is 42.8 Å². The van der Waals surface area contributed by atoms with E-state index in [2.05, 4.69) is 13.2 Å². The van der Waals surface area contributed by atoms with E-state index in [1.807, 2.05) is 36.5 Å². The molecular weight excluding hydrogens is 188 g/mol. The van der Waals surface area contributed by atoms with E-state index in [0.717, 1.165) is 22.6 Å². The molecule has 0 bridgehead atoms. The fourth-order valence-corrected chi connectivity index (χ4v) is 3.06. The molecule has 14 heavy (non-hydrogen) atoms. The van der Waals surface area contributed by atoms with Crippen molar-refractivity contribution in [2.24, 2.45) is 0 Å². The van der Waals surface area contributed by atoms with Gasteiger partial charge >= 0.3 is 0 Å². The van der Waals surface area contributed by atoms with Crippen molar-refractivity contribution in [3.63, 3.8) is 0 Å². The van der Waals surface area contributed by atoms with Crippen molar-refractivity contribution in [1.82, 2.24) is 0 Å². The summed E-state index contributed by atoms with van der Waals surface area (Å²) in [4.78, 5) is 10.9. The van der Waals surface area contributed by atoms with Gasteiger partial charge in [0, 0.05) is 5.56 Å². The fourth-order valence-electron chi connectivity index (χ4n) is 1.47. The van der Waals surface area contributed by atoms with Crippen LogP contribution >= 0.6 is 0 Å². The summed E-state index contributed by atoms with van der Waals surface area (Å²) in [6, 6.07) is 5.75. The van der Waals surface area contributed by atoms with E-state index in [4.69, 9.17) is 0 Å². The van der Waals surface area contributed by atoms with E-state index in [9.17, 15) is 4.79 Å². The second-order valence-electron chi connectivity index (χ2n) is 3.02. The van der Waals surface area contributed by atoms with Crippen LogP contribution in [0.1, 0.15) is 15.9 Å². The van der Waals surface area contributed by atoms with Gasteiger partial charge in [-0.1, -0.05) is 35.2 Å². The molecule has 0 unspecified atom stereocenters. The van der Waals surface area contributed by atoms with Gasteiger partial charge in [0.2, 0.25) is 0 Å². The molecule has 1 aromatic rings. The summed E-state index contributed by atoms with van der Waals surface area (Å²) in [5, 5.41) is 1.11. The molecule has 0 saturated heterocycles. The first-order valence-corrected chi connectivity index (χ1v) is 6.07. The van der Waals surface area contributed by atoms with Crippen LogP contribution in [0.2, 0.25) is 0 Å². The minimum atomic E-state index is -0.976. The Labute approximate surface area is 86.4 Å². The van der Waals surface area contributed by atoms with Crippen LogP contribution in [0, 0.1) is 6.92 Å². The van der Waals surface area contributed by atoms with Crippen LogP contribution in [-0.4, -0.2) is 15.1 Å². The van der Waals surface area contributed by atoms with Gasteiger partial charge in [0.25, 0.3) is 0 Å². The quantitative estimate of drug-likeness (QED) is 0.537. The second-order valence-corrected chi connectivity index (χ2v) is 5.25. The standard InChI is InChI=1S/C12H13OSi/c1-4-14(5-2)12-10(3)7-6-8-11(12)9-13/h4-9H,1-2H2,3H3. The molecule has 71 valence electrons. The maximum absolute atomic E-state index is 10.9. The van der Waals surface area contributed by atoms with Crippen molar-refractivity contribution in [1.29, 1.82) is 0 Å². The average molecular weight is 201 g/mol. The van der Waals surface area contributed by atoms with Gasteiger partial charge in [0.05, 0.1) is 0 Å². The monoisotopic (exact) mass is 201 g/mol. The molecule has 0 heterocycles. The highest BCUT2D eigenvalue weighted by Gasteiger charge is 2.12. The molecule has 0 aliphatic rings. The van der Waals surface area contributed by atoms with E-state index in [0.29, 0.717) is 0 Å². The van der Waals surface area contributed by atoms with E-state index in [-0.39, 0.29) is 0 Å². The van der Waals surface area contributed by atoms with Crippen molar-refractivity contribution < 1.29 is 4.79 Å². The lowest BCUT2D eigenvalue weighted by Gasteiger charge is -2.11. The largest absolute Gasteiger partial charge is 0.298 e. The Morgan fingerprint density at radius 1 is 1.29 bits per heavy atom. The summed E-state index contributed by atoms with van der Waals surface area (Å²) >= 11 is 0. The molecule has 1 rings (SSSR count). The van der Waals surface area contributed by atoms with Crippen molar-refractivity contribution in [3.8, 4) is 0 Å². The van der Waals surface area contributed by atoms with E-state index in [1.165, 1.54) is 0 Å². The van der Waals surface area contributed by atoms with Gasteiger partial charge in [0.1, 0.15) is 15.1 Å². The lowest BCUT2D eigenvalue weighted by molar-refractivity contribution is 0.112. The minimum absolute atomic E-state index is 0.763. The Morgan fingerprint density at radius 3 is 2.43 bits per heavy atom. The molecule has 2 heteroatoms. The van der Waals surface area contributed by atoms with Gasteiger partial charge < -0.3 is 0 Å². The number of carbonyl (C=O) groups excluding carboxylic acids is 1. The number of aryl methyl sites for hydroxylation is 1. The van der Waals surface area contributed by atoms with Crippen LogP contribution in [-0.2, 0) is 0 Å². The second kappa shape index (κ2) is 4.72. The Morgan fingerprint density at radius 2 is 1.93 bits per heavy atom. The van der Waals surface area contributed by atoms with Crippen LogP contribution in [0.3, 0.4) is 0 Å². The van der Waals surface area contributed by atoms with Crippen molar-refractivity contribution in [2.45, 2.75) is 6.92 Å². The van der Waals surface area contributed by atoms with Gasteiger partial charge in [0.15, 0.2) is 0 Å². The third-order valence-corrected chi connectivity index (χ3v) is 4.30. The highest BCUT2D eigenvalue weighted by molar-refractivity contribution is 6.83. The first-order chi connectivity index (χ1) is 6.74. The van der Waals surface area contributed by atoms with Crippen molar-refractivity contribution in [3.05, 3.63) is 53.9 Å². The number of hydrogen-bond donors (Lipinski definition) is 0. The van der Waals surface area contributed by atoms with E-state index in [1.54, 1.807) is 0 Å². The molecule has 0 N–H and O–H groups in total. The molecule has 0 aromatic heterocycles. The Hall–Kier alpha value is -1.41. The SMILES string of the molecule is C=C[Si](C=C)c1c(C)cccc1C=O. The van der Waals surface area contributed by atoms with Crippen LogP contribution in [0.4, 0.5) is 0 Å². The molecule has 0 fully saturated rings. The molecule has 0 saturated carbocycles. The fraction of sp³-hybridized carbons (Fsp3) is 0.0833. The zero-order valence-electron chi connectivity index (χ0n) is 8.29. The average Bonchev–Trinajstić information content (AvgIpc) is 2.22. The van der Waals surface area contributed by atoms with Crippen LogP contribution < -0.4 is 5.19 Å². The third-order valence-electron chi connectivity index (χ3n) is 2.16. The van der Waals surface area contributed by atoms with Crippen LogP contribution in [0.25, 0.3) is 0 Å². The number of rotatable bonds is 4. The number of hydrogen-bond acceptors (Lipinski definition) is 1.